The molecule has 0 saturated heterocycles. The minimum atomic E-state index is -0.782. The van der Waals surface area contributed by atoms with Crippen LogP contribution in [0.4, 0.5) is 10.5 Å². The third kappa shape index (κ3) is 7.89. The van der Waals surface area contributed by atoms with E-state index in [0.717, 1.165) is 4.47 Å². The second-order valence-electron chi connectivity index (χ2n) is 6.21. The van der Waals surface area contributed by atoms with E-state index in [1.54, 1.807) is 36.4 Å². The van der Waals surface area contributed by atoms with Crippen molar-refractivity contribution in [3.63, 3.8) is 0 Å². The predicted octanol–water partition coefficient (Wildman–Crippen LogP) is 4.71. The highest BCUT2D eigenvalue weighted by molar-refractivity contribution is 9.10. The van der Waals surface area contributed by atoms with E-state index in [9.17, 15) is 14.7 Å². The number of nitrogens with one attached hydrogen (secondary N) is 1. The topological polar surface area (TPSA) is 94.1 Å². The third-order valence-electron chi connectivity index (χ3n) is 4.06. The molecule has 0 spiro atoms. The van der Waals surface area contributed by atoms with Crippen LogP contribution in [0, 0.1) is 0 Å². The molecule has 162 valence electrons. The Morgan fingerprint density at radius 3 is 2.40 bits per heavy atom. The molecule has 0 radical (unpaired) electrons. The Morgan fingerprint density at radius 1 is 1.13 bits per heavy atom. The van der Waals surface area contributed by atoms with E-state index in [2.05, 4.69) is 33.9 Å². The van der Waals surface area contributed by atoms with Crippen LogP contribution in [0.3, 0.4) is 0 Å². The molecular weight excluding hydrogens is 474 g/mol. The van der Waals surface area contributed by atoms with E-state index in [0.29, 0.717) is 24.3 Å². The zero-order valence-corrected chi connectivity index (χ0v) is 18.9. The first kappa shape index (κ1) is 24.0. The summed E-state index contributed by atoms with van der Waals surface area (Å²) in [6.07, 6.45) is -1.70. The number of amides is 1. The van der Waals surface area contributed by atoms with Crippen LogP contribution in [0.2, 0.25) is 0 Å². The van der Waals surface area contributed by atoms with Gasteiger partial charge in [-0.25, -0.2) is 4.79 Å². The number of esters is 1. The van der Waals surface area contributed by atoms with E-state index in [1.165, 1.54) is 12.1 Å². The summed E-state index contributed by atoms with van der Waals surface area (Å²) in [4.78, 5) is 23.9. The van der Waals surface area contributed by atoms with Gasteiger partial charge >= 0.3 is 12.1 Å². The van der Waals surface area contributed by atoms with E-state index < -0.39 is 24.3 Å². The lowest BCUT2D eigenvalue weighted by molar-refractivity contribution is -0.142. The van der Waals surface area contributed by atoms with Gasteiger partial charge in [0.15, 0.2) is 6.10 Å². The first-order valence-corrected chi connectivity index (χ1v) is 10.8. The SMILES string of the molecule is CCO[C@@H](CCOC(=O)CS)[C@@H](OC(=O)Nc1ccc(Br)cc1)c1ccc(O)cc1. The molecule has 2 rings (SSSR count). The molecule has 1 amide bonds. The summed E-state index contributed by atoms with van der Waals surface area (Å²) in [5, 5.41) is 12.3. The fourth-order valence-electron chi connectivity index (χ4n) is 2.69. The first-order chi connectivity index (χ1) is 14.4. The quantitative estimate of drug-likeness (QED) is 0.325. The molecule has 2 aromatic rings. The number of carbonyl (C=O) groups is 2. The van der Waals surface area contributed by atoms with Gasteiger partial charge in [0.2, 0.25) is 0 Å². The summed E-state index contributed by atoms with van der Waals surface area (Å²) in [5.74, 6) is -0.372. The summed E-state index contributed by atoms with van der Waals surface area (Å²) in [6, 6.07) is 13.4. The van der Waals surface area contributed by atoms with E-state index in [1.807, 2.05) is 6.92 Å². The summed E-state index contributed by atoms with van der Waals surface area (Å²) >= 11 is 7.22. The van der Waals surface area contributed by atoms with Gasteiger partial charge in [0.1, 0.15) is 11.9 Å². The van der Waals surface area contributed by atoms with Gasteiger partial charge < -0.3 is 19.3 Å². The molecule has 30 heavy (non-hydrogen) atoms. The molecule has 2 aromatic carbocycles. The average Bonchev–Trinajstić information content (AvgIpc) is 2.74. The number of aromatic hydroxyl groups is 1. The van der Waals surface area contributed by atoms with Gasteiger partial charge in [-0.2, -0.15) is 12.6 Å². The third-order valence-corrected chi connectivity index (χ3v) is 4.85. The van der Waals surface area contributed by atoms with Gasteiger partial charge in [-0.3, -0.25) is 10.1 Å². The highest BCUT2D eigenvalue weighted by Crippen LogP contribution is 2.28. The van der Waals surface area contributed by atoms with Gasteiger partial charge in [0.05, 0.1) is 12.4 Å². The molecule has 0 aromatic heterocycles. The predicted molar refractivity (Wildman–Crippen MR) is 120 cm³/mol. The van der Waals surface area contributed by atoms with Crippen molar-refractivity contribution in [2.45, 2.75) is 25.6 Å². The number of rotatable bonds is 10. The van der Waals surface area contributed by atoms with Crippen LogP contribution in [-0.2, 0) is 19.0 Å². The molecule has 0 unspecified atom stereocenters. The summed E-state index contributed by atoms with van der Waals surface area (Å²) < 4.78 is 17.4. The van der Waals surface area contributed by atoms with Crippen LogP contribution in [-0.4, -0.2) is 42.2 Å². The number of ether oxygens (including phenoxy) is 3. The number of phenolic OH excluding ortho intramolecular Hbond substituents is 1. The number of halogens is 1. The Morgan fingerprint density at radius 2 is 1.80 bits per heavy atom. The van der Waals surface area contributed by atoms with Crippen LogP contribution in [0.1, 0.15) is 25.0 Å². The molecule has 0 aliphatic carbocycles. The van der Waals surface area contributed by atoms with Crippen molar-refractivity contribution in [2.24, 2.45) is 0 Å². The van der Waals surface area contributed by atoms with Gasteiger partial charge in [-0.15, -0.1) is 0 Å². The minimum absolute atomic E-state index is 0.0210. The Labute approximate surface area is 189 Å². The molecule has 2 N–H and O–H groups in total. The largest absolute Gasteiger partial charge is 0.508 e. The Balaban J connectivity index is 2.16. The van der Waals surface area contributed by atoms with Crippen molar-refractivity contribution < 1.29 is 28.9 Å². The van der Waals surface area contributed by atoms with Crippen molar-refractivity contribution in [2.75, 3.05) is 24.3 Å². The second-order valence-corrected chi connectivity index (χ2v) is 7.44. The van der Waals surface area contributed by atoms with Crippen molar-refractivity contribution in [3.8, 4) is 5.75 Å². The fraction of sp³-hybridized carbons (Fsp3) is 0.333. The summed E-state index contributed by atoms with van der Waals surface area (Å²) in [5.41, 5.74) is 1.21. The van der Waals surface area contributed by atoms with Gasteiger partial charge in [-0.05, 0) is 48.9 Å². The maximum Gasteiger partial charge on any atom is 0.412 e. The van der Waals surface area contributed by atoms with Crippen LogP contribution in [0.5, 0.6) is 5.75 Å². The number of anilines is 1. The molecule has 9 heteroatoms. The number of phenols is 1. The Kier molecular flexibility index (Phi) is 9.99. The molecule has 0 heterocycles. The van der Waals surface area contributed by atoms with Crippen LogP contribution in [0.15, 0.2) is 53.0 Å². The number of hydrogen-bond acceptors (Lipinski definition) is 7. The molecule has 0 saturated carbocycles. The standard InChI is InChI=1S/C21H24BrNO6S/c1-2-27-18(11-12-28-19(25)13-30)20(14-3-9-17(24)10-4-14)29-21(26)23-16-7-5-15(22)6-8-16/h3-10,18,20,24,30H,2,11-13H2,1H3,(H,23,26)/t18-,20-/m0/s1. The van der Waals surface area contributed by atoms with Crippen molar-refractivity contribution >= 4 is 46.3 Å². The van der Waals surface area contributed by atoms with Crippen molar-refractivity contribution in [1.29, 1.82) is 0 Å². The average molecular weight is 498 g/mol. The Bertz CT molecular complexity index is 815. The molecule has 7 nitrogen and oxygen atoms in total. The van der Waals surface area contributed by atoms with E-state index in [-0.39, 0.29) is 18.1 Å². The molecule has 0 bridgehead atoms. The summed E-state index contributed by atoms with van der Waals surface area (Å²) in [6.45, 7) is 2.29. The van der Waals surface area contributed by atoms with Gasteiger partial charge in [-0.1, -0.05) is 28.1 Å². The second kappa shape index (κ2) is 12.5. The van der Waals surface area contributed by atoms with Crippen LogP contribution < -0.4 is 5.32 Å². The lowest BCUT2D eigenvalue weighted by Crippen LogP contribution is -2.30. The van der Waals surface area contributed by atoms with Gasteiger partial charge in [0, 0.05) is 23.2 Å². The van der Waals surface area contributed by atoms with Crippen molar-refractivity contribution in [1.82, 2.24) is 0 Å². The van der Waals surface area contributed by atoms with E-state index in [4.69, 9.17) is 14.2 Å². The lowest BCUT2D eigenvalue weighted by atomic mass is 10.0. The Hall–Kier alpha value is -2.23. The minimum Gasteiger partial charge on any atom is -0.508 e. The molecule has 0 fully saturated rings. The van der Waals surface area contributed by atoms with E-state index >= 15 is 0 Å². The fourth-order valence-corrected chi connectivity index (χ4v) is 3.04. The number of hydrogen-bond donors (Lipinski definition) is 3. The van der Waals surface area contributed by atoms with Gasteiger partial charge in [0.25, 0.3) is 0 Å². The smallest absolute Gasteiger partial charge is 0.412 e. The monoisotopic (exact) mass is 497 g/mol. The maximum absolute atomic E-state index is 12.5. The molecule has 0 aliphatic rings. The molecule has 2 atom stereocenters. The number of benzene rings is 2. The normalized spacial score (nSPS) is 12.6. The van der Waals surface area contributed by atoms with Crippen LogP contribution in [0.25, 0.3) is 0 Å². The van der Waals surface area contributed by atoms with Crippen molar-refractivity contribution in [3.05, 3.63) is 58.6 Å². The zero-order valence-electron chi connectivity index (χ0n) is 16.4. The summed E-state index contributed by atoms with van der Waals surface area (Å²) in [7, 11) is 0. The zero-order chi connectivity index (χ0) is 21.9. The van der Waals surface area contributed by atoms with Crippen LogP contribution >= 0.6 is 28.6 Å². The molecular formula is C21H24BrNO6S. The first-order valence-electron chi connectivity index (χ1n) is 9.33. The highest BCUT2D eigenvalue weighted by atomic mass is 79.9. The molecule has 0 aliphatic heterocycles. The highest BCUT2D eigenvalue weighted by Gasteiger charge is 2.28. The number of thiol groups is 1. The number of carbonyl (C=O) groups excluding carboxylic acids is 2. The lowest BCUT2D eigenvalue weighted by Gasteiger charge is -2.27. The maximum atomic E-state index is 12.5.